The molecule has 1 atom stereocenters. The van der Waals surface area contributed by atoms with Crippen molar-refractivity contribution >= 4 is 0 Å². The van der Waals surface area contributed by atoms with Gasteiger partial charge in [0.15, 0.2) is 11.5 Å². The number of nitrogens with one attached hydrogen (secondary N) is 1. The quantitative estimate of drug-likeness (QED) is 0.864. The van der Waals surface area contributed by atoms with E-state index in [4.69, 9.17) is 18.9 Å². The van der Waals surface area contributed by atoms with Crippen LogP contribution in [0.2, 0.25) is 0 Å². The van der Waals surface area contributed by atoms with E-state index < -0.39 is 0 Å². The lowest BCUT2D eigenvalue weighted by Crippen LogP contribution is -2.18. The van der Waals surface area contributed by atoms with Gasteiger partial charge in [0.05, 0.1) is 6.10 Å². The predicted molar refractivity (Wildman–Crippen MR) is 74.4 cm³/mol. The second-order valence-corrected chi connectivity index (χ2v) is 5.04. The smallest absolute Gasteiger partial charge is 0.231 e. The van der Waals surface area contributed by atoms with Crippen LogP contribution in [-0.4, -0.2) is 32.7 Å². The second-order valence-electron chi connectivity index (χ2n) is 5.04. The molecule has 110 valence electrons. The van der Waals surface area contributed by atoms with Crippen LogP contribution < -0.4 is 19.5 Å². The van der Waals surface area contributed by atoms with Crippen LogP contribution in [0.5, 0.6) is 17.2 Å². The SMILES string of the molecule is CCNCc1cc2c(cc1OCC1CCCO1)OCO2. The van der Waals surface area contributed by atoms with Crippen LogP contribution >= 0.6 is 0 Å². The van der Waals surface area contributed by atoms with E-state index >= 15 is 0 Å². The third-order valence-corrected chi connectivity index (χ3v) is 3.57. The Morgan fingerprint density at radius 1 is 1.30 bits per heavy atom. The molecule has 3 rings (SSSR count). The van der Waals surface area contributed by atoms with Crippen LogP contribution in [0.1, 0.15) is 25.3 Å². The third kappa shape index (κ3) is 2.99. The van der Waals surface area contributed by atoms with Gasteiger partial charge in [0.25, 0.3) is 0 Å². The van der Waals surface area contributed by atoms with Crippen molar-refractivity contribution in [2.45, 2.75) is 32.4 Å². The summed E-state index contributed by atoms with van der Waals surface area (Å²) >= 11 is 0. The average Bonchev–Trinajstić information content (AvgIpc) is 3.12. The van der Waals surface area contributed by atoms with Gasteiger partial charge in [-0.1, -0.05) is 6.92 Å². The minimum absolute atomic E-state index is 0.215. The first kappa shape index (κ1) is 13.5. The Bertz CT molecular complexity index is 457. The Labute approximate surface area is 119 Å². The fraction of sp³-hybridized carbons (Fsp3) is 0.600. The van der Waals surface area contributed by atoms with E-state index in [2.05, 4.69) is 12.2 Å². The van der Waals surface area contributed by atoms with E-state index in [0.717, 1.165) is 55.4 Å². The van der Waals surface area contributed by atoms with Crippen molar-refractivity contribution in [1.29, 1.82) is 0 Å². The lowest BCUT2D eigenvalue weighted by molar-refractivity contribution is 0.0675. The highest BCUT2D eigenvalue weighted by molar-refractivity contribution is 5.51. The summed E-state index contributed by atoms with van der Waals surface area (Å²) < 4.78 is 22.4. The van der Waals surface area contributed by atoms with Crippen molar-refractivity contribution in [3.8, 4) is 17.2 Å². The van der Waals surface area contributed by atoms with Gasteiger partial charge >= 0.3 is 0 Å². The van der Waals surface area contributed by atoms with E-state index in [9.17, 15) is 0 Å². The molecule has 5 heteroatoms. The maximum atomic E-state index is 5.94. The van der Waals surface area contributed by atoms with E-state index in [0.29, 0.717) is 6.61 Å². The first-order valence-corrected chi connectivity index (χ1v) is 7.24. The van der Waals surface area contributed by atoms with Crippen LogP contribution in [0.3, 0.4) is 0 Å². The topological polar surface area (TPSA) is 49.0 Å². The second kappa shape index (κ2) is 6.33. The van der Waals surface area contributed by atoms with Crippen molar-refractivity contribution < 1.29 is 18.9 Å². The first-order chi connectivity index (χ1) is 9.86. The van der Waals surface area contributed by atoms with Gasteiger partial charge in [-0.2, -0.15) is 0 Å². The maximum absolute atomic E-state index is 5.94. The Balaban J connectivity index is 1.72. The highest BCUT2D eigenvalue weighted by atomic mass is 16.7. The zero-order valence-electron chi connectivity index (χ0n) is 11.8. The third-order valence-electron chi connectivity index (χ3n) is 3.57. The van der Waals surface area contributed by atoms with Gasteiger partial charge in [-0.25, -0.2) is 0 Å². The molecule has 0 amide bonds. The van der Waals surface area contributed by atoms with Crippen LogP contribution in [0.15, 0.2) is 12.1 Å². The van der Waals surface area contributed by atoms with E-state index in [1.165, 1.54) is 0 Å². The average molecular weight is 279 g/mol. The van der Waals surface area contributed by atoms with Crippen molar-refractivity contribution in [1.82, 2.24) is 5.32 Å². The molecule has 0 spiro atoms. The van der Waals surface area contributed by atoms with Crippen molar-refractivity contribution in [3.63, 3.8) is 0 Å². The van der Waals surface area contributed by atoms with Crippen LogP contribution in [0.25, 0.3) is 0 Å². The number of hydrogen-bond donors (Lipinski definition) is 1. The number of fused-ring (bicyclic) bond motifs is 1. The zero-order valence-corrected chi connectivity index (χ0v) is 11.8. The highest BCUT2D eigenvalue weighted by Crippen LogP contribution is 2.38. The minimum Gasteiger partial charge on any atom is -0.490 e. The van der Waals surface area contributed by atoms with Gasteiger partial charge < -0.3 is 24.3 Å². The summed E-state index contributed by atoms with van der Waals surface area (Å²) in [5, 5.41) is 3.32. The van der Waals surface area contributed by atoms with E-state index in [1.54, 1.807) is 0 Å². The maximum Gasteiger partial charge on any atom is 0.231 e. The fourth-order valence-corrected chi connectivity index (χ4v) is 2.46. The van der Waals surface area contributed by atoms with Crippen molar-refractivity contribution in [2.24, 2.45) is 0 Å². The summed E-state index contributed by atoms with van der Waals surface area (Å²) in [5.41, 5.74) is 1.09. The van der Waals surface area contributed by atoms with Gasteiger partial charge in [-0.05, 0) is 25.5 Å². The van der Waals surface area contributed by atoms with Gasteiger partial charge in [0.1, 0.15) is 12.4 Å². The molecule has 20 heavy (non-hydrogen) atoms. The Kier molecular flexibility index (Phi) is 4.28. The molecule has 1 saturated heterocycles. The van der Waals surface area contributed by atoms with Gasteiger partial charge in [0, 0.05) is 24.8 Å². The van der Waals surface area contributed by atoms with Crippen molar-refractivity contribution in [2.75, 3.05) is 26.6 Å². The Morgan fingerprint density at radius 3 is 2.90 bits per heavy atom. The molecule has 2 aliphatic heterocycles. The molecule has 1 N–H and O–H groups in total. The molecule has 0 bridgehead atoms. The van der Waals surface area contributed by atoms with Gasteiger partial charge in [0.2, 0.25) is 6.79 Å². The molecule has 0 aliphatic carbocycles. The predicted octanol–water partition coefficient (Wildman–Crippen LogP) is 2.08. The zero-order chi connectivity index (χ0) is 13.8. The number of rotatable bonds is 6. The molecule has 0 aromatic heterocycles. The van der Waals surface area contributed by atoms with Gasteiger partial charge in [-0.15, -0.1) is 0 Å². The lowest BCUT2D eigenvalue weighted by Gasteiger charge is -2.15. The minimum atomic E-state index is 0.215. The summed E-state index contributed by atoms with van der Waals surface area (Å²) in [5.74, 6) is 2.40. The summed E-state index contributed by atoms with van der Waals surface area (Å²) in [6, 6.07) is 3.92. The summed E-state index contributed by atoms with van der Waals surface area (Å²) in [6.45, 7) is 5.48. The van der Waals surface area contributed by atoms with Crippen LogP contribution in [-0.2, 0) is 11.3 Å². The molecule has 0 radical (unpaired) electrons. The Morgan fingerprint density at radius 2 is 2.15 bits per heavy atom. The van der Waals surface area contributed by atoms with Gasteiger partial charge in [-0.3, -0.25) is 0 Å². The van der Waals surface area contributed by atoms with E-state index in [1.807, 2.05) is 12.1 Å². The largest absolute Gasteiger partial charge is 0.490 e. The molecule has 5 nitrogen and oxygen atoms in total. The standard InChI is InChI=1S/C15H21NO4/c1-2-16-8-11-6-14-15(20-10-19-14)7-13(11)18-9-12-4-3-5-17-12/h6-7,12,16H,2-5,8-10H2,1H3. The van der Waals surface area contributed by atoms with E-state index in [-0.39, 0.29) is 12.9 Å². The van der Waals surface area contributed by atoms with Crippen LogP contribution in [0.4, 0.5) is 0 Å². The molecule has 1 fully saturated rings. The fourth-order valence-electron chi connectivity index (χ4n) is 2.46. The number of ether oxygens (including phenoxy) is 4. The molecule has 2 aliphatic rings. The molecule has 2 heterocycles. The number of benzene rings is 1. The molecule has 1 unspecified atom stereocenters. The molecule has 1 aromatic rings. The van der Waals surface area contributed by atoms with Crippen LogP contribution in [0, 0.1) is 0 Å². The Hall–Kier alpha value is -1.46. The lowest BCUT2D eigenvalue weighted by atomic mass is 10.1. The first-order valence-electron chi connectivity index (χ1n) is 7.24. The monoisotopic (exact) mass is 279 g/mol. The molecular weight excluding hydrogens is 258 g/mol. The normalized spacial score (nSPS) is 20.4. The summed E-state index contributed by atoms with van der Waals surface area (Å²) in [7, 11) is 0. The molecule has 0 saturated carbocycles. The summed E-state index contributed by atoms with van der Waals surface area (Å²) in [6.07, 6.45) is 2.42. The molecule has 1 aromatic carbocycles. The highest BCUT2D eigenvalue weighted by Gasteiger charge is 2.20. The summed E-state index contributed by atoms with van der Waals surface area (Å²) in [4.78, 5) is 0. The number of hydrogen-bond acceptors (Lipinski definition) is 5. The molecular formula is C15H21NO4. The van der Waals surface area contributed by atoms with Crippen molar-refractivity contribution in [3.05, 3.63) is 17.7 Å².